The van der Waals surface area contributed by atoms with Gasteiger partial charge in [-0.2, -0.15) is 0 Å². The van der Waals surface area contributed by atoms with E-state index in [-0.39, 0.29) is 46.6 Å². The minimum atomic E-state index is -1.74. The van der Waals surface area contributed by atoms with Gasteiger partial charge in [0.2, 0.25) is 0 Å². The summed E-state index contributed by atoms with van der Waals surface area (Å²) in [4.78, 5) is 84.3. The van der Waals surface area contributed by atoms with Crippen LogP contribution in [0.4, 0.5) is 0 Å². The molecule has 0 saturated carbocycles. The van der Waals surface area contributed by atoms with E-state index in [1.807, 2.05) is 0 Å². The lowest BCUT2D eigenvalue weighted by Crippen LogP contribution is -2.63. The minimum absolute atomic E-state index is 0.0778. The summed E-state index contributed by atoms with van der Waals surface area (Å²) in [7, 11) is 0. The fourth-order valence-corrected chi connectivity index (χ4v) is 10.3. The van der Waals surface area contributed by atoms with Gasteiger partial charge in [-0.3, -0.25) is 0 Å². The summed E-state index contributed by atoms with van der Waals surface area (Å²) >= 11 is 0. The summed E-state index contributed by atoms with van der Waals surface area (Å²) < 4.78 is 93.9. The molecule has 4 fully saturated rings. The highest BCUT2D eigenvalue weighted by Gasteiger charge is 2.55. The van der Waals surface area contributed by atoms with Crippen LogP contribution in [0.2, 0.25) is 0 Å². The molecule has 6 aromatic rings. The van der Waals surface area contributed by atoms with E-state index >= 15 is 0 Å². The maximum Gasteiger partial charge on any atom is 0.338 e. The standard InChI is InChI=1S/C66H66O24/c67-37-46-49(68)50(69)53-64(84-46)79-35-32-77-57-55(90-63(75)45-29-17-6-18-30-45)52(88-61(73)43-25-13-4-14-26-43)48(39-83-59(71)41-21-9-2-10-22-41)86-66(57)81-36-33-78-56-54(89-62(74)44-27-15-5-16-28-44)51(87-60(72)42-23-11-3-12-24-42)47(85-65(56)80-34-31-76-53)38-82-58(70)40-19-7-1-8-20-40/h1-30,46-57,64-69H,31-39H2/t46-,47-,48-,49-,50+,51-,52-,53-,54+,55+,56-,57-,64-,65-,66-/m1/s1. The van der Waals surface area contributed by atoms with Crippen molar-refractivity contribution in [3.05, 3.63) is 215 Å². The zero-order valence-corrected chi connectivity index (χ0v) is 48.3. The Morgan fingerprint density at radius 2 is 0.578 bits per heavy atom. The van der Waals surface area contributed by atoms with Crippen LogP contribution in [0.5, 0.6) is 0 Å². The Bertz CT molecular complexity index is 3260. The topological polar surface area (TPSA) is 302 Å². The molecule has 4 saturated heterocycles. The molecule has 90 heavy (non-hydrogen) atoms. The molecule has 4 aliphatic heterocycles. The molecular weight excluding hydrogens is 1180 g/mol. The van der Waals surface area contributed by atoms with E-state index in [0.717, 1.165) is 0 Å². The van der Waals surface area contributed by atoms with Crippen molar-refractivity contribution < 1.29 is 115 Å². The highest BCUT2D eigenvalue weighted by molar-refractivity contribution is 5.92. The molecule has 0 spiro atoms. The maximum atomic E-state index is 14.4. The molecule has 4 heterocycles. The molecule has 6 aromatic carbocycles. The SMILES string of the molecule is O=C(OC[C@H]1O[C@H]2OCCO[C@H]3[C@H](OCCO[C@H]4[C@H](OCCO[C@@H]2[C@@H](OC(=O)c2ccccc2)[C@@H]1OC(=O)c1ccccc1)O[C@H](CO)[C@@H](O)[C@@H]4O)O[C@H](COC(=O)c1ccccc1)[C@@H](OC(=O)c1ccccc1)[C@@H]3OC(=O)c1ccccc1)c1ccccc1. The minimum Gasteiger partial charge on any atom is -0.459 e. The lowest BCUT2D eigenvalue weighted by molar-refractivity contribution is -0.333. The molecule has 0 aromatic heterocycles. The van der Waals surface area contributed by atoms with Crippen LogP contribution in [0.3, 0.4) is 0 Å². The lowest BCUT2D eigenvalue weighted by Gasteiger charge is -2.45. The zero-order valence-electron chi connectivity index (χ0n) is 48.3. The van der Waals surface area contributed by atoms with Crippen LogP contribution in [0.15, 0.2) is 182 Å². The number of benzene rings is 6. The first kappa shape index (κ1) is 64.6. The second-order valence-corrected chi connectivity index (χ2v) is 20.8. The van der Waals surface area contributed by atoms with E-state index in [9.17, 15) is 44.1 Å². The molecule has 0 bridgehead atoms. The van der Waals surface area contributed by atoms with Crippen LogP contribution >= 0.6 is 0 Å². The molecule has 0 unspecified atom stereocenters. The molecule has 3 N–H and O–H groups in total. The highest BCUT2D eigenvalue weighted by Crippen LogP contribution is 2.35. The summed E-state index contributed by atoms with van der Waals surface area (Å²) in [6.07, 6.45) is -23.7. The summed E-state index contributed by atoms with van der Waals surface area (Å²) in [6.45, 7) is -4.46. The first-order valence-corrected chi connectivity index (χ1v) is 29.1. The van der Waals surface area contributed by atoms with E-state index in [0.29, 0.717) is 0 Å². The van der Waals surface area contributed by atoms with Crippen molar-refractivity contribution >= 4 is 35.8 Å². The predicted octanol–water partition coefficient (Wildman–Crippen LogP) is 4.71. The Morgan fingerprint density at radius 1 is 0.322 bits per heavy atom. The Hall–Kier alpha value is -8.34. The van der Waals surface area contributed by atoms with Crippen molar-refractivity contribution in [2.45, 2.75) is 92.1 Å². The molecule has 15 atom stereocenters. The van der Waals surface area contributed by atoms with Gasteiger partial charge in [-0.25, -0.2) is 28.8 Å². The van der Waals surface area contributed by atoms with Gasteiger partial charge < -0.3 is 86.4 Å². The van der Waals surface area contributed by atoms with Gasteiger partial charge in [-0.1, -0.05) is 109 Å². The quantitative estimate of drug-likeness (QED) is 0.0926. The van der Waals surface area contributed by atoms with Crippen LogP contribution < -0.4 is 0 Å². The van der Waals surface area contributed by atoms with Crippen molar-refractivity contribution in [1.82, 2.24) is 0 Å². The van der Waals surface area contributed by atoms with E-state index < -0.39 is 174 Å². The third-order valence-corrected chi connectivity index (χ3v) is 14.8. The Morgan fingerprint density at radius 3 is 0.889 bits per heavy atom. The van der Waals surface area contributed by atoms with Gasteiger partial charge in [-0.15, -0.1) is 0 Å². The van der Waals surface area contributed by atoms with Gasteiger partial charge in [0.25, 0.3) is 0 Å². The number of fused-ring (bicyclic) bond motifs is 3. The summed E-state index contributed by atoms with van der Waals surface area (Å²) in [5, 5.41) is 32.8. The molecular formula is C66H66O24. The van der Waals surface area contributed by atoms with E-state index in [1.165, 1.54) is 72.8 Å². The number of ether oxygens (including phenoxy) is 15. The number of carbonyl (C=O) groups excluding carboxylic acids is 6. The third kappa shape index (κ3) is 16.5. The van der Waals surface area contributed by atoms with Gasteiger partial charge in [0, 0.05) is 0 Å². The van der Waals surface area contributed by atoms with Crippen LogP contribution in [-0.4, -0.2) is 203 Å². The number of rotatable bonds is 15. The fourth-order valence-electron chi connectivity index (χ4n) is 10.3. The van der Waals surface area contributed by atoms with Gasteiger partial charge in [0.1, 0.15) is 62.0 Å². The number of aliphatic hydroxyl groups excluding tert-OH is 3. The van der Waals surface area contributed by atoms with Gasteiger partial charge in [0.15, 0.2) is 43.3 Å². The molecule has 0 aliphatic carbocycles. The lowest BCUT2D eigenvalue weighted by atomic mass is 9.97. The fraction of sp³-hybridized carbons (Fsp3) is 0.364. The Kier molecular flexibility index (Phi) is 22.9. The summed E-state index contributed by atoms with van der Waals surface area (Å²) in [5.41, 5.74) is 0.689. The molecule has 0 radical (unpaired) electrons. The first-order valence-electron chi connectivity index (χ1n) is 29.1. The average molecular weight is 1240 g/mol. The molecule has 0 amide bonds. The number of hydrogen-bond acceptors (Lipinski definition) is 24. The van der Waals surface area contributed by atoms with E-state index in [1.54, 1.807) is 109 Å². The zero-order chi connectivity index (χ0) is 62.8. The molecule has 24 nitrogen and oxygen atoms in total. The van der Waals surface area contributed by atoms with Gasteiger partial charge in [-0.05, 0) is 72.8 Å². The Balaban J connectivity index is 1.03. The van der Waals surface area contributed by atoms with Gasteiger partial charge >= 0.3 is 35.8 Å². The molecule has 24 heteroatoms. The van der Waals surface area contributed by atoms with Crippen molar-refractivity contribution in [2.24, 2.45) is 0 Å². The number of aliphatic hydroxyl groups is 3. The van der Waals surface area contributed by atoms with Crippen LogP contribution in [0, 0.1) is 0 Å². The van der Waals surface area contributed by atoms with Crippen LogP contribution in [0.1, 0.15) is 62.1 Å². The second-order valence-electron chi connectivity index (χ2n) is 20.8. The van der Waals surface area contributed by atoms with Crippen LogP contribution in [-0.2, 0) is 71.1 Å². The van der Waals surface area contributed by atoms with Crippen molar-refractivity contribution in [3.63, 3.8) is 0 Å². The first-order chi connectivity index (χ1) is 43.9. The van der Waals surface area contributed by atoms with Crippen LogP contribution in [0.25, 0.3) is 0 Å². The third-order valence-electron chi connectivity index (χ3n) is 14.8. The molecule has 474 valence electrons. The second kappa shape index (κ2) is 31.9. The number of esters is 6. The normalized spacial score (nSPS) is 28.2. The monoisotopic (exact) mass is 1240 g/mol. The largest absolute Gasteiger partial charge is 0.459 e. The predicted molar refractivity (Wildman–Crippen MR) is 308 cm³/mol. The maximum absolute atomic E-state index is 14.4. The Labute approximate surface area is 516 Å². The molecule has 10 rings (SSSR count). The van der Waals surface area contributed by atoms with Crippen molar-refractivity contribution in [3.8, 4) is 0 Å². The molecule has 4 aliphatic rings. The van der Waals surface area contributed by atoms with Crippen molar-refractivity contribution in [1.29, 1.82) is 0 Å². The summed E-state index contributed by atoms with van der Waals surface area (Å²) in [6, 6.07) is 47.6. The number of carbonyl (C=O) groups is 6. The highest BCUT2D eigenvalue weighted by atomic mass is 16.8. The van der Waals surface area contributed by atoms with E-state index in [2.05, 4.69) is 0 Å². The van der Waals surface area contributed by atoms with Crippen molar-refractivity contribution in [2.75, 3.05) is 59.5 Å². The summed E-state index contributed by atoms with van der Waals surface area (Å²) in [5.74, 6) is -5.16. The average Bonchev–Trinajstić information content (AvgIpc) is 0.964. The van der Waals surface area contributed by atoms with Gasteiger partial charge in [0.05, 0.1) is 79.6 Å². The smallest absolute Gasteiger partial charge is 0.338 e. The van der Waals surface area contributed by atoms with E-state index in [4.69, 9.17) is 71.1 Å². The number of hydrogen-bond donors (Lipinski definition) is 3.